The SMILES string of the molecule is CC(C)CCCC(C)CCOc1ccc(C#Cc2ccc(C#Cc3ccc4c(c3)C3(c5ccccc5-c5ccccc53)c3cc(C#Cc5ccc(C#Cc6ccc(OCCC(C)CCCC(C)C)cc6)cc5)ccc3-4)cc2)cc1. The summed E-state index contributed by atoms with van der Waals surface area (Å²) in [6.07, 6.45) is 9.88. The van der Waals surface area contributed by atoms with Crippen molar-refractivity contribution in [3.8, 4) is 81.1 Å². The predicted octanol–water partition coefficient (Wildman–Crippen LogP) is 18.1. The lowest BCUT2D eigenvalue weighted by Crippen LogP contribution is -2.26. The molecule has 2 atom stereocenters. The third kappa shape index (κ3) is 13.1. The van der Waals surface area contributed by atoms with Crippen molar-refractivity contribution in [2.24, 2.45) is 23.7 Å². The maximum atomic E-state index is 6.07. The molecular weight excluding hydrogens is 957 g/mol. The molecule has 2 aliphatic carbocycles. The van der Waals surface area contributed by atoms with E-state index in [1.807, 2.05) is 48.5 Å². The molecule has 1 spiro atoms. The van der Waals surface area contributed by atoms with Crippen molar-refractivity contribution in [2.45, 2.75) is 98.3 Å². The first kappa shape index (κ1) is 54.0. The van der Waals surface area contributed by atoms with Crippen LogP contribution in [0.3, 0.4) is 0 Å². The van der Waals surface area contributed by atoms with Crippen LogP contribution in [0.1, 0.15) is 160 Å². The van der Waals surface area contributed by atoms with Crippen LogP contribution in [0.15, 0.2) is 182 Å². The van der Waals surface area contributed by atoms with Gasteiger partial charge in [-0.15, -0.1) is 0 Å². The molecule has 2 nitrogen and oxygen atoms in total. The quantitative estimate of drug-likeness (QED) is 0.0898. The summed E-state index contributed by atoms with van der Waals surface area (Å²) >= 11 is 0. The molecule has 0 saturated carbocycles. The molecule has 0 N–H and O–H groups in total. The molecular formula is C77H72O2. The average molecular weight is 1030 g/mol. The predicted molar refractivity (Wildman–Crippen MR) is 328 cm³/mol. The van der Waals surface area contributed by atoms with E-state index in [1.54, 1.807) is 0 Å². The molecule has 0 aliphatic heterocycles. The number of ether oxygens (including phenoxy) is 2. The van der Waals surface area contributed by atoms with Gasteiger partial charge in [-0.2, -0.15) is 0 Å². The molecule has 79 heavy (non-hydrogen) atoms. The highest BCUT2D eigenvalue weighted by Crippen LogP contribution is 2.63. The van der Waals surface area contributed by atoms with Gasteiger partial charge in [0, 0.05) is 44.5 Å². The average Bonchev–Trinajstić information content (AvgIpc) is 2.55. The molecule has 2 aliphatic rings. The molecule has 0 fully saturated rings. The number of rotatable bonds is 16. The minimum absolute atomic E-state index is 0.523. The van der Waals surface area contributed by atoms with Crippen molar-refractivity contribution in [3.63, 3.8) is 0 Å². The molecule has 0 heterocycles. The lowest BCUT2D eigenvalue weighted by atomic mass is 9.70. The topological polar surface area (TPSA) is 18.5 Å². The highest BCUT2D eigenvalue weighted by molar-refractivity contribution is 5.95. The molecule has 8 aromatic rings. The van der Waals surface area contributed by atoms with Gasteiger partial charge in [0.05, 0.1) is 18.6 Å². The normalized spacial score (nSPS) is 12.8. The lowest BCUT2D eigenvalue weighted by molar-refractivity contribution is 0.275. The van der Waals surface area contributed by atoms with Gasteiger partial charge >= 0.3 is 0 Å². The Morgan fingerprint density at radius 3 is 0.937 bits per heavy atom. The Morgan fingerprint density at radius 2 is 0.595 bits per heavy atom. The first-order valence-electron chi connectivity index (χ1n) is 28.8. The van der Waals surface area contributed by atoms with E-state index in [0.717, 1.165) is 93.9 Å². The number of hydrogen-bond acceptors (Lipinski definition) is 2. The zero-order valence-electron chi connectivity index (χ0n) is 47.0. The van der Waals surface area contributed by atoms with E-state index >= 15 is 0 Å². The summed E-state index contributed by atoms with van der Waals surface area (Å²) in [7, 11) is 0. The van der Waals surface area contributed by atoms with E-state index in [1.165, 1.54) is 83.0 Å². The molecule has 0 bridgehead atoms. The first-order chi connectivity index (χ1) is 38.6. The molecule has 0 saturated heterocycles. The van der Waals surface area contributed by atoms with Crippen molar-refractivity contribution < 1.29 is 9.47 Å². The first-order valence-corrected chi connectivity index (χ1v) is 28.8. The Kier molecular flexibility index (Phi) is 17.3. The van der Waals surface area contributed by atoms with Crippen LogP contribution in [-0.4, -0.2) is 13.2 Å². The van der Waals surface area contributed by atoms with E-state index in [2.05, 4.69) is 222 Å². The maximum Gasteiger partial charge on any atom is 0.119 e. The van der Waals surface area contributed by atoms with Crippen LogP contribution < -0.4 is 9.47 Å². The summed E-state index contributed by atoms with van der Waals surface area (Å²) in [6, 6.07) is 64.0. The Morgan fingerprint density at radius 1 is 0.304 bits per heavy atom. The minimum atomic E-state index is -0.523. The second kappa shape index (κ2) is 25.4. The van der Waals surface area contributed by atoms with Gasteiger partial charge in [-0.3, -0.25) is 0 Å². The summed E-state index contributed by atoms with van der Waals surface area (Å²) in [4.78, 5) is 0. The highest BCUT2D eigenvalue weighted by atomic mass is 16.5. The van der Waals surface area contributed by atoms with Crippen LogP contribution in [0.2, 0.25) is 0 Å². The van der Waals surface area contributed by atoms with Crippen LogP contribution in [0.5, 0.6) is 11.5 Å². The fraction of sp³-hybridized carbons (Fsp3) is 0.273. The molecule has 392 valence electrons. The van der Waals surface area contributed by atoms with Crippen molar-refractivity contribution in [1.29, 1.82) is 0 Å². The van der Waals surface area contributed by atoms with Crippen LogP contribution in [0.25, 0.3) is 22.3 Å². The molecule has 8 aromatic carbocycles. The zero-order chi connectivity index (χ0) is 54.6. The van der Waals surface area contributed by atoms with Gasteiger partial charge in [0.2, 0.25) is 0 Å². The summed E-state index contributed by atoms with van der Waals surface area (Å²) in [6.45, 7) is 15.3. The zero-order valence-corrected chi connectivity index (χ0v) is 47.0. The van der Waals surface area contributed by atoms with Crippen LogP contribution >= 0.6 is 0 Å². The standard InChI is InChI=1S/C77H72O2/c1-55(2)13-11-15-57(5)49-51-78-67-43-37-63(38-44-67)31-29-59-21-25-61(26-22-59)33-35-65-41-47-71-72-48-42-66(54-76(72)77(75(71)53-65)73-19-9-7-17-69(73)70-18-8-10-20-74(70)77)36-34-62-27-23-60(24-28-62)30-32-64-39-45-68(46-40-64)79-52-50-58(6)16-12-14-56(3)4/h7-10,17-28,37-48,53-58H,11-16,49-52H2,1-6H3. The summed E-state index contributed by atoms with van der Waals surface area (Å²) < 4.78 is 12.1. The Labute approximate surface area is 472 Å². The van der Waals surface area contributed by atoms with Gasteiger partial charge in [-0.1, -0.05) is 188 Å². The maximum absolute atomic E-state index is 6.07. The fourth-order valence-corrected chi connectivity index (χ4v) is 11.2. The van der Waals surface area contributed by atoms with Gasteiger partial charge in [-0.25, -0.2) is 0 Å². The third-order valence-electron chi connectivity index (χ3n) is 15.7. The van der Waals surface area contributed by atoms with Crippen LogP contribution in [0.4, 0.5) is 0 Å². The van der Waals surface area contributed by atoms with Gasteiger partial charge < -0.3 is 9.47 Å². The summed E-state index contributed by atoms with van der Waals surface area (Å²) in [5.74, 6) is 32.0. The second-order valence-corrected chi connectivity index (χ2v) is 22.7. The van der Waals surface area contributed by atoms with Gasteiger partial charge in [-0.05, 0) is 202 Å². The van der Waals surface area contributed by atoms with Crippen LogP contribution in [0, 0.1) is 71.0 Å². The smallest absolute Gasteiger partial charge is 0.119 e. The highest BCUT2D eigenvalue weighted by Gasteiger charge is 2.51. The summed E-state index contributed by atoms with van der Waals surface area (Å²) in [5, 5.41) is 0. The number of fused-ring (bicyclic) bond motifs is 10. The molecule has 2 unspecified atom stereocenters. The largest absolute Gasteiger partial charge is 0.494 e. The van der Waals surface area contributed by atoms with E-state index < -0.39 is 5.41 Å². The Hall–Kier alpha value is -8.40. The van der Waals surface area contributed by atoms with Crippen molar-refractivity contribution in [1.82, 2.24) is 0 Å². The van der Waals surface area contributed by atoms with Crippen molar-refractivity contribution >= 4 is 0 Å². The van der Waals surface area contributed by atoms with Gasteiger partial charge in [0.25, 0.3) is 0 Å². The third-order valence-corrected chi connectivity index (χ3v) is 15.7. The minimum Gasteiger partial charge on any atom is -0.494 e. The van der Waals surface area contributed by atoms with Crippen molar-refractivity contribution in [2.75, 3.05) is 13.2 Å². The Balaban J connectivity index is 0.822. The number of benzene rings is 8. The van der Waals surface area contributed by atoms with E-state index in [0.29, 0.717) is 11.8 Å². The fourth-order valence-electron chi connectivity index (χ4n) is 11.2. The molecule has 0 amide bonds. The molecule has 0 radical (unpaired) electrons. The van der Waals surface area contributed by atoms with E-state index in [9.17, 15) is 0 Å². The molecule has 2 heteroatoms. The van der Waals surface area contributed by atoms with E-state index in [4.69, 9.17) is 9.47 Å². The second-order valence-electron chi connectivity index (χ2n) is 22.7. The lowest BCUT2D eigenvalue weighted by Gasteiger charge is -2.30. The molecule has 0 aromatic heterocycles. The molecule has 10 rings (SSSR count). The summed E-state index contributed by atoms with van der Waals surface area (Å²) in [5.41, 5.74) is 17.2. The van der Waals surface area contributed by atoms with Crippen molar-refractivity contribution in [3.05, 3.63) is 249 Å². The van der Waals surface area contributed by atoms with E-state index in [-0.39, 0.29) is 0 Å². The Bertz CT molecular complexity index is 3410. The van der Waals surface area contributed by atoms with Gasteiger partial charge in [0.1, 0.15) is 11.5 Å². The van der Waals surface area contributed by atoms with Gasteiger partial charge in [0.15, 0.2) is 0 Å². The monoisotopic (exact) mass is 1030 g/mol. The number of hydrogen-bond donors (Lipinski definition) is 0. The van der Waals surface area contributed by atoms with Crippen LogP contribution in [-0.2, 0) is 5.41 Å².